The molecule has 30 heavy (non-hydrogen) atoms. The second kappa shape index (κ2) is 10.8. The zero-order valence-electron chi connectivity index (χ0n) is 17.9. The molecule has 2 aromatic rings. The van der Waals surface area contributed by atoms with Gasteiger partial charge in [0, 0.05) is 44.7 Å². The van der Waals surface area contributed by atoms with Crippen LogP contribution in [-0.2, 0) is 4.74 Å². The maximum absolute atomic E-state index is 6.15. The Morgan fingerprint density at radius 3 is 2.70 bits per heavy atom. The van der Waals surface area contributed by atoms with Gasteiger partial charge in [-0.1, -0.05) is 30.3 Å². The Morgan fingerprint density at radius 1 is 1.13 bits per heavy atom. The van der Waals surface area contributed by atoms with Crippen LogP contribution in [0, 0.1) is 5.92 Å². The summed E-state index contributed by atoms with van der Waals surface area (Å²) in [6.07, 6.45) is 4.72. The van der Waals surface area contributed by atoms with Gasteiger partial charge in [-0.3, -0.25) is 4.99 Å². The van der Waals surface area contributed by atoms with Crippen molar-refractivity contribution in [1.82, 2.24) is 10.6 Å². The number of nitrogens with one attached hydrogen (secondary N) is 2. The van der Waals surface area contributed by atoms with Crippen LogP contribution in [0.3, 0.4) is 0 Å². The molecular weight excluding hydrogens is 392 g/mol. The van der Waals surface area contributed by atoms with E-state index in [0.29, 0.717) is 12.0 Å². The highest BCUT2D eigenvalue weighted by Gasteiger charge is 2.27. The Balaban J connectivity index is 1.34. The number of piperidine rings is 1. The lowest BCUT2D eigenvalue weighted by Gasteiger charge is -2.34. The minimum Gasteiger partial charge on any atom is -0.373 e. The van der Waals surface area contributed by atoms with E-state index < -0.39 is 0 Å². The molecule has 0 radical (unpaired) electrons. The zero-order chi connectivity index (χ0) is 20.6. The van der Waals surface area contributed by atoms with E-state index in [1.54, 1.807) is 0 Å². The highest BCUT2D eigenvalue weighted by atomic mass is 32.1. The predicted octanol–water partition coefficient (Wildman–Crippen LogP) is 4.44. The maximum Gasteiger partial charge on any atom is 0.191 e. The standard InChI is InChI=1S/C24H34N4OS/c1-2-25-24(27-21-12-14-28(15-13-21)22-11-7-17-30-22)26-18-20-10-6-16-29-23(20)19-8-4-3-5-9-19/h3-5,7-9,11,17,20-21,23H,2,6,10,12-16,18H2,1H3,(H2,25,26,27). The van der Waals surface area contributed by atoms with Gasteiger partial charge in [-0.2, -0.15) is 0 Å². The number of rotatable bonds is 6. The molecule has 1 aromatic heterocycles. The molecule has 162 valence electrons. The van der Waals surface area contributed by atoms with Crippen LogP contribution < -0.4 is 15.5 Å². The second-order valence-electron chi connectivity index (χ2n) is 8.18. The van der Waals surface area contributed by atoms with Crippen molar-refractivity contribution in [3.63, 3.8) is 0 Å². The van der Waals surface area contributed by atoms with E-state index in [9.17, 15) is 0 Å². The van der Waals surface area contributed by atoms with Gasteiger partial charge in [-0.05, 0) is 55.7 Å². The summed E-state index contributed by atoms with van der Waals surface area (Å²) in [5.41, 5.74) is 1.27. The molecule has 6 heteroatoms. The molecule has 4 rings (SSSR count). The molecule has 2 atom stereocenters. The first kappa shape index (κ1) is 21.2. The third kappa shape index (κ3) is 5.55. The minimum absolute atomic E-state index is 0.153. The summed E-state index contributed by atoms with van der Waals surface area (Å²) in [5, 5.41) is 10.7. The summed E-state index contributed by atoms with van der Waals surface area (Å²) in [6.45, 7) is 6.86. The SMILES string of the molecule is CCNC(=NCC1CCCOC1c1ccccc1)NC1CCN(c2cccs2)CC1. The average molecular weight is 427 g/mol. The lowest BCUT2D eigenvalue weighted by Crippen LogP contribution is -2.48. The van der Waals surface area contributed by atoms with Crippen molar-refractivity contribution in [2.24, 2.45) is 10.9 Å². The minimum atomic E-state index is 0.153. The van der Waals surface area contributed by atoms with Crippen LogP contribution >= 0.6 is 11.3 Å². The number of ether oxygens (including phenoxy) is 1. The van der Waals surface area contributed by atoms with Crippen LogP contribution in [0.25, 0.3) is 0 Å². The van der Waals surface area contributed by atoms with Crippen molar-refractivity contribution in [3.05, 3.63) is 53.4 Å². The molecule has 0 aliphatic carbocycles. The van der Waals surface area contributed by atoms with Gasteiger partial charge in [0.1, 0.15) is 0 Å². The molecule has 2 aliphatic rings. The first-order valence-corrected chi connectivity index (χ1v) is 12.2. The number of hydrogen-bond acceptors (Lipinski definition) is 4. The normalized spacial score (nSPS) is 23.4. The van der Waals surface area contributed by atoms with Crippen LogP contribution in [-0.4, -0.2) is 44.8 Å². The van der Waals surface area contributed by atoms with Gasteiger partial charge < -0.3 is 20.3 Å². The van der Waals surface area contributed by atoms with E-state index in [2.05, 4.69) is 70.3 Å². The van der Waals surface area contributed by atoms with Crippen molar-refractivity contribution < 1.29 is 4.74 Å². The largest absolute Gasteiger partial charge is 0.373 e. The molecule has 1 aromatic carbocycles. The number of anilines is 1. The molecule has 2 aliphatic heterocycles. The van der Waals surface area contributed by atoms with Gasteiger partial charge in [0.2, 0.25) is 0 Å². The van der Waals surface area contributed by atoms with Crippen LogP contribution in [0.1, 0.15) is 44.3 Å². The summed E-state index contributed by atoms with van der Waals surface area (Å²) in [6, 6.07) is 15.5. The molecule has 0 saturated carbocycles. The highest BCUT2D eigenvalue weighted by molar-refractivity contribution is 7.14. The van der Waals surface area contributed by atoms with E-state index in [-0.39, 0.29) is 6.10 Å². The molecule has 2 unspecified atom stereocenters. The molecule has 5 nitrogen and oxygen atoms in total. The van der Waals surface area contributed by atoms with E-state index >= 15 is 0 Å². The second-order valence-corrected chi connectivity index (χ2v) is 9.11. The van der Waals surface area contributed by atoms with Crippen molar-refractivity contribution >= 4 is 22.3 Å². The van der Waals surface area contributed by atoms with Gasteiger partial charge in [0.25, 0.3) is 0 Å². The molecular formula is C24H34N4OS. The van der Waals surface area contributed by atoms with Gasteiger partial charge in [-0.15, -0.1) is 11.3 Å². The molecule has 2 fully saturated rings. The first-order valence-electron chi connectivity index (χ1n) is 11.3. The number of nitrogens with zero attached hydrogens (tertiary/aromatic N) is 2. The van der Waals surface area contributed by atoms with Crippen molar-refractivity contribution in [2.75, 3.05) is 37.7 Å². The number of benzene rings is 1. The Hall–Kier alpha value is -2.05. The average Bonchev–Trinajstić information content (AvgIpc) is 3.34. The topological polar surface area (TPSA) is 48.9 Å². The third-order valence-corrected chi connectivity index (χ3v) is 6.98. The maximum atomic E-state index is 6.15. The third-order valence-electron chi connectivity index (χ3n) is 6.05. The summed E-state index contributed by atoms with van der Waals surface area (Å²) in [5.74, 6) is 1.38. The molecule has 0 amide bonds. The van der Waals surface area contributed by atoms with Gasteiger partial charge in [-0.25, -0.2) is 0 Å². The lowest BCUT2D eigenvalue weighted by molar-refractivity contribution is -0.0250. The summed E-state index contributed by atoms with van der Waals surface area (Å²) < 4.78 is 6.15. The van der Waals surface area contributed by atoms with Crippen molar-refractivity contribution in [2.45, 2.75) is 44.8 Å². The molecule has 2 saturated heterocycles. The number of aliphatic imine (C=N–C) groups is 1. The summed E-state index contributed by atoms with van der Waals surface area (Å²) >= 11 is 1.83. The predicted molar refractivity (Wildman–Crippen MR) is 127 cm³/mol. The Bertz CT molecular complexity index is 772. The quantitative estimate of drug-likeness (QED) is 0.530. The van der Waals surface area contributed by atoms with E-state index in [0.717, 1.165) is 58.0 Å². The van der Waals surface area contributed by atoms with E-state index in [1.165, 1.54) is 17.0 Å². The van der Waals surface area contributed by atoms with Gasteiger partial charge in [0.05, 0.1) is 11.1 Å². The lowest BCUT2D eigenvalue weighted by atomic mass is 9.89. The van der Waals surface area contributed by atoms with E-state index in [4.69, 9.17) is 9.73 Å². The van der Waals surface area contributed by atoms with Crippen molar-refractivity contribution in [1.29, 1.82) is 0 Å². The number of hydrogen-bond donors (Lipinski definition) is 2. The zero-order valence-corrected chi connectivity index (χ0v) is 18.7. The Labute approximate surface area is 184 Å². The Morgan fingerprint density at radius 2 is 1.97 bits per heavy atom. The summed E-state index contributed by atoms with van der Waals surface area (Å²) in [4.78, 5) is 7.48. The van der Waals surface area contributed by atoms with Crippen LogP contribution in [0.15, 0.2) is 52.8 Å². The fourth-order valence-corrected chi connectivity index (χ4v) is 5.24. The Kier molecular flexibility index (Phi) is 7.65. The number of guanidine groups is 1. The van der Waals surface area contributed by atoms with Crippen LogP contribution in [0.4, 0.5) is 5.00 Å². The smallest absolute Gasteiger partial charge is 0.191 e. The fraction of sp³-hybridized carbons (Fsp3) is 0.542. The monoisotopic (exact) mass is 426 g/mol. The molecule has 0 bridgehead atoms. The van der Waals surface area contributed by atoms with Gasteiger partial charge in [0.15, 0.2) is 5.96 Å². The van der Waals surface area contributed by atoms with Crippen molar-refractivity contribution in [3.8, 4) is 0 Å². The highest BCUT2D eigenvalue weighted by Crippen LogP contribution is 2.33. The van der Waals surface area contributed by atoms with Gasteiger partial charge >= 0.3 is 0 Å². The molecule has 2 N–H and O–H groups in total. The molecule has 0 spiro atoms. The van der Waals surface area contributed by atoms with E-state index in [1.807, 2.05) is 11.3 Å². The summed E-state index contributed by atoms with van der Waals surface area (Å²) in [7, 11) is 0. The van der Waals surface area contributed by atoms with Crippen LogP contribution in [0.5, 0.6) is 0 Å². The number of thiophene rings is 1. The fourth-order valence-electron chi connectivity index (χ4n) is 4.46. The molecule has 3 heterocycles. The first-order chi connectivity index (χ1) is 14.8. The van der Waals surface area contributed by atoms with Crippen LogP contribution in [0.2, 0.25) is 0 Å².